The van der Waals surface area contributed by atoms with Gasteiger partial charge in [0.1, 0.15) is 5.82 Å². The summed E-state index contributed by atoms with van der Waals surface area (Å²) in [6.07, 6.45) is 7.72. The minimum absolute atomic E-state index is 0.372. The fraction of sp³-hybridized carbons (Fsp3) is 0.615. The zero-order chi connectivity index (χ0) is 13.9. The van der Waals surface area contributed by atoms with Crippen molar-refractivity contribution in [2.24, 2.45) is 0 Å². The number of nitrogens with one attached hydrogen (secondary N) is 1. The average molecular weight is 283 g/mol. The van der Waals surface area contributed by atoms with Gasteiger partial charge in [-0.1, -0.05) is 6.92 Å². The second-order valence-corrected chi connectivity index (χ2v) is 6.78. The third-order valence-corrected chi connectivity index (χ3v) is 4.05. The maximum Gasteiger partial charge on any atom is 0.230 e. The lowest BCUT2D eigenvalue weighted by Gasteiger charge is -2.37. The molecular formula is C13H21N3O2S. The van der Waals surface area contributed by atoms with E-state index in [4.69, 9.17) is 0 Å². The number of hydrogen-bond acceptors (Lipinski definition) is 4. The van der Waals surface area contributed by atoms with Crippen LogP contribution < -0.4 is 9.62 Å². The molecule has 6 heteroatoms. The molecule has 1 aromatic rings. The average Bonchev–Trinajstić information content (AvgIpc) is 2.38. The van der Waals surface area contributed by atoms with Gasteiger partial charge in [0, 0.05) is 12.6 Å². The van der Waals surface area contributed by atoms with Crippen LogP contribution in [0.2, 0.25) is 0 Å². The predicted molar refractivity (Wildman–Crippen MR) is 78.0 cm³/mol. The van der Waals surface area contributed by atoms with Gasteiger partial charge < -0.3 is 4.90 Å². The molecule has 0 saturated carbocycles. The van der Waals surface area contributed by atoms with Crippen LogP contribution >= 0.6 is 0 Å². The van der Waals surface area contributed by atoms with Gasteiger partial charge in [0.15, 0.2) is 0 Å². The third-order valence-electron chi connectivity index (χ3n) is 3.47. The molecule has 0 amide bonds. The Balaban J connectivity index is 2.13. The molecule has 1 aromatic heterocycles. The van der Waals surface area contributed by atoms with Gasteiger partial charge in [-0.25, -0.2) is 13.4 Å². The Hall–Kier alpha value is -1.30. The number of nitrogens with zero attached hydrogens (tertiary/aromatic N) is 2. The zero-order valence-corrected chi connectivity index (χ0v) is 12.3. The van der Waals surface area contributed by atoms with Gasteiger partial charge in [-0.15, -0.1) is 0 Å². The van der Waals surface area contributed by atoms with Crippen LogP contribution in [0.1, 0.15) is 32.6 Å². The van der Waals surface area contributed by atoms with E-state index in [1.54, 1.807) is 12.3 Å². The fourth-order valence-electron chi connectivity index (χ4n) is 2.57. The summed E-state index contributed by atoms with van der Waals surface area (Å²) in [5.74, 6) is 0.372. The minimum atomic E-state index is -3.26. The van der Waals surface area contributed by atoms with E-state index in [1.165, 1.54) is 19.3 Å². The molecule has 1 unspecified atom stereocenters. The molecule has 106 valence electrons. The predicted octanol–water partition coefficient (Wildman–Crippen LogP) is 2.22. The lowest BCUT2D eigenvalue weighted by Crippen LogP contribution is -2.39. The Morgan fingerprint density at radius 1 is 1.42 bits per heavy atom. The van der Waals surface area contributed by atoms with Crippen molar-refractivity contribution < 1.29 is 8.42 Å². The number of rotatable bonds is 4. The van der Waals surface area contributed by atoms with Crippen LogP contribution in [0.25, 0.3) is 0 Å². The molecule has 0 bridgehead atoms. The lowest BCUT2D eigenvalue weighted by atomic mass is 9.99. The van der Waals surface area contributed by atoms with E-state index < -0.39 is 10.0 Å². The molecule has 5 nitrogen and oxygen atoms in total. The van der Waals surface area contributed by atoms with Crippen molar-refractivity contribution in [1.29, 1.82) is 0 Å². The molecule has 1 saturated heterocycles. The first-order valence-electron chi connectivity index (χ1n) is 6.70. The van der Waals surface area contributed by atoms with E-state index in [-0.39, 0.29) is 0 Å². The van der Waals surface area contributed by atoms with Gasteiger partial charge in [-0.3, -0.25) is 4.72 Å². The normalized spacial score (nSPS) is 20.3. The molecule has 2 rings (SSSR count). The van der Waals surface area contributed by atoms with E-state index in [0.717, 1.165) is 24.9 Å². The largest absolute Gasteiger partial charge is 0.367 e. The van der Waals surface area contributed by atoms with Crippen molar-refractivity contribution in [1.82, 2.24) is 4.98 Å². The molecule has 0 radical (unpaired) electrons. The first kappa shape index (κ1) is 14.1. The van der Waals surface area contributed by atoms with Gasteiger partial charge in [-0.05, 0) is 37.8 Å². The summed E-state index contributed by atoms with van der Waals surface area (Å²) in [4.78, 5) is 6.55. The summed E-state index contributed by atoms with van der Waals surface area (Å²) in [7, 11) is -3.26. The molecule has 2 heterocycles. The van der Waals surface area contributed by atoms with E-state index >= 15 is 0 Å². The SMILES string of the molecule is CCC1CCCCN1c1ccc(NS(C)(=O)=O)nc1. The molecule has 1 aliphatic heterocycles. The van der Waals surface area contributed by atoms with Gasteiger partial charge in [0.25, 0.3) is 0 Å². The first-order chi connectivity index (χ1) is 8.99. The fourth-order valence-corrected chi connectivity index (χ4v) is 3.07. The number of sulfonamides is 1. The first-order valence-corrected chi connectivity index (χ1v) is 8.59. The topological polar surface area (TPSA) is 62.3 Å². The van der Waals surface area contributed by atoms with Crippen molar-refractivity contribution in [2.45, 2.75) is 38.6 Å². The molecule has 0 spiro atoms. The van der Waals surface area contributed by atoms with Crippen LogP contribution in [-0.2, 0) is 10.0 Å². The minimum Gasteiger partial charge on any atom is -0.367 e. The van der Waals surface area contributed by atoms with Crippen molar-refractivity contribution in [3.05, 3.63) is 18.3 Å². The maximum atomic E-state index is 11.1. The number of aromatic nitrogens is 1. The molecule has 1 atom stereocenters. The Kier molecular flexibility index (Phi) is 4.29. The highest BCUT2D eigenvalue weighted by atomic mass is 32.2. The Morgan fingerprint density at radius 2 is 2.21 bits per heavy atom. The quantitative estimate of drug-likeness (QED) is 0.920. The number of pyridine rings is 1. The summed E-state index contributed by atoms with van der Waals surface area (Å²) in [6, 6.07) is 4.23. The summed E-state index contributed by atoms with van der Waals surface area (Å²) in [5.41, 5.74) is 1.07. The van der Waals surface area contributed by atoms with Crippen molar-refractivity contribution in [3.8, 4) is 0 Å². The van der Waals surface area contributed by atoms with Crippen molar-refractivity contribution in [3.63, 3.8) is 0 Å². The second-order valence-electron chi connectivity index (χ2n) is 5.03. The van der Waals surface area contributed by atoms with Gasteiger partial charge >= 0.3 is 0 Å². The van der Waals surface area contributed by atoms with E-state index in [2.05, 4.69) is 21.5 Å². The van der Waals surface area contributed by atoms with Crippen LogP contribution in [0, 0.1) is 0 Å². The number of piperidine rings is 1. The Bertz CT molecular complexity index is 513. The zero-order valence-electron chi connectivity index (χ0n) is 11.5. The number of anilines is 2. The van der Waals surface area contributed by atoms with Crippen LogP contribution in [0.4, 0.5) is 11.5 Å². The third kappa shape index (κ3) is 3.83. The smallest absolute Gasteiger partial charge is 0.230 e. The summed E-state index contributed by atoms with van der Waals surface area (Å²) < 4.78 is 24.6. The van der Waals surface area contributed by atoms with Gasteiger partial charge in [0.05, 0.1) is 18.1 Å². The Morgan fingerprint density at radius 3 is 2.79 bits per heavy atom. The van der Waals surface area contributed by atoms with Crippen molar-refractivity contribution >= 4 is 21.5 Å². The van der Waals surface area contributed by atoms with Crippen LogP contribution in [0.15, 0.2) is 18.3 Å². The van der Waals surface area contributed by atoms with E-state index in [1.807, 2.05) is 6.07 Å². The van der Waals surface area contributed by atoms with E-state index in [9.17, 15) is 8.42 Å². The van der Waals surface area contributed by atoms with Crippen LogP contribution in [0.5, 0.6) is 0 Å². The summed E-state index contributed by atoms with van der Waals surface area (Å²) in [5, 5.41) is 0. The second kappa shape index (κ2) is 5.77. The lowest BCUT2D eigenvalue weighted by molar-refractivity contribution is 0.449. The molecule has 19 heavy (non-hydrogen) atoms. The highest BCUT2D eigenvalue weighted by Crippen LogP contribution is 2.26. The van der Waals surface area contributed by atoms with Crippen LogP contribution in [0.3, 0.4) is 0 Å². The van der Waals surface area contributed by atoms with Gasteiger partial charge in [-0.2, -0.15) is 0 Å². The number of hydrogen-bond donors (Lipinski definition) is 1. The molecule has 1 fully saturated rings. The van der Waals surface area contributed by atoms with Crippen molar-refractivity contribution in [2.75, 3.05) is 22.4 Å². The highest BCUT2D eigenvalue weighted by molar-refractivity contribution is 7.92. The molecule has 1 aliphatic rings. The summed E-state index contributed by atoms with van der Waals surface area (Å²) in [6.45, 7) is 3.26. The Labute approximate surface area is 115 Å². The summed E-state index contributed by atoms with van der Waals surface area (Å²) >= 11 is 0. The maximum absolute atomic E-state index is 11.1. The molecular weight excluding hydrogens is 262 g/mol. The monoisotopic (exact) mass is 283 g/mol. The van der Waals surface area contributed by atoms with Crippen LogP contribution in [-0.4, -0.2) is 32.2 Å². The van der Waals surface area contributed by atoms with Gasteiger partial charge in [0.2, 0.25) is 10.0 Å². The molecule has 1 N–H and O–H groups in total. The molecule has 0 aliphatic carbocycles. The standard InChI is InChI=1S/C13H21N3O2S/c1-3-11-6-4-5-9-16(11)12-7-8-13(14-10-12)15-19(2,17)18/h7-8,10-11H,3-6,9H2,1-2H3,(H,14,15). The molecule has 0 aromatic carbocycles. The van der Waals surface area contributed by atoms with E-state index in [0.29, 0.717) is 11.9 Å². The highest BCUT2D eigenvalue weighted by Gasteiger charge is 2.21.